The Hall–Kier alpha value is -9.13. The lowest BCUT2D eigenvalue weighted by Crippen LogP contribution is -2.36. The van der Waals surface area contributed by atoms with Crippen LogP contribution in [0.15, 0.2) is 164 Å². The van der Waals surface area contributed by atoms with Gasteiger partial charge in [0.2, 0.25) is 0 Å². The third-order valence-corrected chi connectivity index (χ3v) is 40.5. The Morgan fingerprint density at radius 2 is 0.252 bits per heavy atom. The smallest absolute Gasteiger partial charge is 0.195 e. The molecule has 0 fully saturated rings. The van der Waals surface area contributed by atoms with Crippen LogP contribution in [0.4, 0.5) is 0 Å². The van der Waals surface area contributed by atoms with Crippen LogP contribution in [0.25, 0.3) is 22.3 Å². The number of Topliss-reactive ketones (excluding diaryl/α,β-unsaturated/α-hetero) is 4. The van der Waals surface area contributed by atoms with Crippen LogP contribution < -0.4 is 47.7 Å². The highest BCUT2D eigenvalue weighted by Gasteiger charge is 2.45. The van der Waals surface area contributed by atoms with E-state index < -0.39 is 23.8 Å². The molecule has 0 saturated heterocycles. The highest BCUT2D eigenvalue weighted by molar-refractivity contribution is 7.81. The fraction of sp³-hybridized carbons (Fsp3) is 0.471. The third-order valence-electron chi connectivity index (χ3n) is 31.8. The second-order valence-corrected chi connectivity index (χ2v) is 56.3. The van der Waals surface area contributed by atoms with Crippen molar-refractivity contribution in [2.24, 2.45) is 0 Å². The maximum absolute atomic E-state index is 17.1. The van der Waals surface area contributed by atoms with Crippen LogP contribution in [-0.2, 0) is 0 Å². The van der Waals surface area contributed by atoms with E-state index in [4.69, 9.17) is 0 Å². The van der Waals surface area contributed by atoms with Crippen molar-refractivity contribution >= 4 is 117 Å². The Balaban J connectivity index is 1.17. The summed E-state index contributed by atoms with van der Waals surface area (Å²) in [5.41, 5.74) is 35.5. The molecule has 780 valence electrons. The van der Waals surface area contributed by atoms with Crippen molar-refractivity contribution in [1.82, 2.24) is 0 Å². The predicted molar refractivity (Wildman–Crippen MR) is 649 cm³/mol. The van der Waals surface area contributed by atoms with Crippen LogP contribution in [0, 0.1) is 0 Å². The van der Waals surface area contributed by atoms with E-state index in [0.29, 0.717) is 68.2 Å². The van der Waals surface area contributed by atoms with E-state index in [-0.39, 0.29) is 130 Å². The molecule has 0 spiro atoms. The van der Waals surface area contributed by atoms with Crippen molar-refractivity contribution in [2.45, 2.75) is 435 Å². The standard InChI is InChI=1S/C140H181O4P3/c1-72(2)94-56-108(78(13)14)133(109(57-94)79(15)16)146(134-110(80(17)18)58-95(73(3)4)59-111(134)81(19)20)139-120(90(37)38)68-100(69-121(139)91(39)40)126-124(128(141)104-50-45-47-52-106(104)130(126)143)98-64-116(86(29)30)137(117(65-98)87(31)32)145(132-102(76(9)10)54-49-55-103(132)77(11)12)138-118(88(33)34)66-99(67-119(138)89(35)36)125-127(131(144)107-53-48-46-51-105(107)129(125)142)101-70-122(92(41)42)140(123(71-101)93(43)44)147(135-112(82(21)22)60-96(74(5)6)61-113(135)83(23)24)136-114(84(25)26)62-97(75(7)8)63-115(136)85(27)28/h45-93H,1-44H3. The van der Waals surface area contributed by atoms with Crippen LogP contribution in [0.2, 0.25) is 0 Å². The van der Waals surface area contributed by atoms with E-state index in [2.05, 4.69) is 420 Å². The van der Waals surface area contributed by atoms with E-state index in [9.17, 15) is 0 Å². The molecule has 147 heavy (non-hydrogen) atoms. The van der Waals surface area contributed by atoms with Crippen LogP contribution >= 0.6 is 23.8 Å². The molecule has 0 bridgehead atoms. The summed E-state index contributed by atoms with van der Waals surface area (Å²) < 4.78 is 0. The van der Waals surface area contributed by atoms with Crippen molar-refractivity contribution in [3.8, 4) is 0 Å². The highest BCUT2D eigenvalue weighted by atomic mass is 31.1. The van der Waals surface area contributed by atoms with Gasteiger partial charge >= 0.3 is 0 Å². The zero-order chi connectivity index (χ0) is 109. The van der Waals surface area contributed by atoms with Gasteiger partial charge in [0.05, 0.1) is 0 Å². The normalized spacial score (nSPS) is 13.7. The molecule has 0 saturated carbocycles. The maximum atomic E-state index is 17.1. The second kappa shape index (κ2) is 46.2. The van der Waals surface area contributed by atoms with Crippen LogP contribution in [0.3, 0.4) is 0 Å². The summed E-state index contributed by atoms with van der Waals surface area (Å²) in [5, 5.41) is 12.5. The van der Waals surface area contributed by atoms with Gasteiger partial charge in [-0.1, -0.05) is 468 Å². The van der Waals surface area contributed by atoms with Gasteiger partial charge in [0.1, 0.15) is 0 Å². The second-order valence-electron chi connectivity index (χ2n) is 50.3. The summed E-state index contributed by atoms with van der Waals surface area (Å²) in [7, 11) is -4.28. The summed E-state index contributed by atoms with van der Waals surface area (Å²) in [6.45, 7) is 104. The number of hydrogen-bond donors (Lipinski definition) is 0. The molecule has 11 aromatic carbocycles. The molecule has 0 atom stereocenters. The number of fused-ring (bicyclic) bond motifs is 2. The van der Waals surface area contributed by atoms with Gasteiger partial charge in [0.15, 0.2) is 23.1 Å². The molecule has 0 amide bonds. The van der Waals surface area contributed by atoms with Gasteiger partial charge in [-0.15, -0.1) is 0 Å². The van der Waals surface area contributed by atoms with E-state index >= 15 is 19.2 Å². The number of benzene rings is 11. The Kier molecular flexibility index (Phi) is 36.1. The molecule has 7 heteroatoms. The lowest BCUT2D eigenvalue weighted by molar-refractivity contribution is 0.101. The molecule has 13 rings (SSSR count). The fourth-order valence-corrected chi connectivity index (χ4v) is 35.7. The maximum Gasteiger partial charge on any atom is 0.195 e. The Morgan fingerprint density at radius 3 is 0.367 bits per heavy atom. The zero-order valence-corrected chi connectivity index (χ0v) is 101. The summed E-state index contributed by atoms with van der Waals surface area (Å²) in [6, 6.07) is 62.0. The third kappa shape index (κ3) is 22.2. The van der Waals surface area contributed by atoms with Crippen LogP contribution in [-0.4, -0.2) is 23.1 Å². The van der Waals surface area contributed by atoms with E-state index in [0.717, 1.165) is 44.5 Å². The number of carbonyl (C=O) groups is 4. The molecule has 11 aromatic rings. The average molecular weight is 2020 g/mol. The van der Waals surface area contributed by atoms with E-state index in [1.807, 2.05) is 48.5 Å². The van der Waals surface area contributed by atoms with E-state index in [1.165, 1.54) is 148 Å². The Morgan fingerprint density at radius 1 is 0.136 bits per heavy atom. The monoisotopic (exact) mass is 2020 g/mol. The molecule has 2 aliphatic rings. The lowest BCUT2D eigenvalue weighted by Gasteiger charge is -2.37. The first-order chi connectivity index (χ1) is 68.9. The molecule has 0 aromatic heterocycles. The number of ketones is 4. The molecule has 4 nitrogen and oxygen atoms in total. The first kappa shape index (κ1) is 115. The largest absolute Gasteiger partial charge is 0.289 e. The number of hydrogen-bond acceptors (Lipinski definition) is 4. The minimum Gasteiger partial charge on any atom is -0.289 e. The summed E-state index contributed by atoms with van der Waals surface area (Å²) >= 11 is 0. The van der Waals surface area contributed by atoms with Crippen LogP contribution in [0.1, 0.15) is 621 Å². The van der Waals surface area contributed by atoms with Gasteiger partial charge < -0.3 is 0 Å². The van der Waals surface area contributed by atoms with Gasteiger partial charge in [-0.3, -0.25) is 19.2 Å². The Labute approximate surface area is 895 Å². The van der Waals surface area contributed by atoms with Crippen molar-refractivity contribution in [3.05, 3.63) is 331 Å². The molecule has 0 unspecified atom stereocenters. The van der Waals surface area contributed by atoms with Gasteiger partial charge in [-0.05, 0) is 346 Å². The summed E-state index contributed by atoms with van der Waals surface area (Å²) in [6.07, 6.45) is 0. The lowest BCUT2D eigenvalue weighted by atomic mass is 9.76. The van der Waals surface area contributed by atoms with Crippen LogP contribution in [0.5, 0.6) is 0 Å². The minimum atomic E-state index is -1.61. The van der Waals surface area contributed by atoms with Gasteiger partial charge in [-0.25, -0.2) is 0 Å². The SMILES string of the molecule is CC(C)c1cc(C(C)C)c(P(c2c(C(C)C)cc(C3=C(c4cc(C(C)C)c(P(c5c(C(C)C)cccc5C(C)C)c5c(C(C)C)cc(C6=C(c7cc(C(C)C)c(P(c8c(C(C)C)cc(C(C)C)cc8C(C)C)c8c(C(C)C)cc(C(C)C)cc8C(C)C)c(C(C)C)c7)C(=O)c7ccccc7C6=O)cc5C(C)C)c(C(C)C)c4)C(=O)c4ccccc4C3=O)cc2C(C)C)c2c(C(C)C)cc(C(C)C)cc2C(C)C)c(C(C)C)c1. The molecule has 0 N–H and O–H groups in total. The molecule has 0 radical (unpaired) electrons. The zero-order valence-electron chi connectivity index (χ0n) is 98.8. The molecular weight excluding hydrogens is 1840 g/mol. The van der Waals surface area contributed by atoms with Gasteiger partial charge in [0.25, 0.3) is 0 Å². The molecule has 0 aliphatic heterocycles. The number of rotatable bonds is 35. The van der Waals surface area contributed by atoms with Crippen molar-refractivity contribution < 1.29 is 19.2 Å². The summed E-state index contributed by atoms with van der Waals surface area (Å²) in [5.74, 6) is 2.29. The summed E-state index contributed by atoms with van der Waals surface area (Å²) in [4.78, 5) is 68.5. The van der Waals surface area contributed by atoms with Gasteiger partial charge in [-0.2, -0.15) is 0 Å². The van der Waals surface area contributed by atoms with Gasteiger partial charge in [0, 0.05) is 44.5 Å². The quantitative estimate of drug-likeness (QED) is 0.0371. The first-order valence-electron chi connectivity index (χ1n) is 56.7. The van der Waals surface area contributed by atoms with Crippen molar-refractivity contribution in [1.29, 1.82) is 0 Å². The topological polar surface area (TPSA) is 68.3 Å². The first-order valence-corrected chi connectivity index (χ1v) is 60.7. The van der Waals surface area contributed by atoms with Crippen molar-refractivity contribution in [3.63, 3.8) is 0 Å². The van der Waals surface area contributed by atoms with Crippen molar-refractivity contribution in [2.75, 3.05) is 0 Å². The van der Waals surface area contributed by atoms with E-state index in [1.54, 1.807) is 0 Å². The molecule has 0 heterocycles. The minimum absolute atomic E-state index is 0.00263. The fourth-order valence-electron chi connectivity index (χ4n) is 23.2. The molecule has 2 aliphatic carbocycles. The Bertz CT molecular complexity index is 6120. The average Bonchev–Trinajstić information content (AvgIpc) is 0.715. The molecular formula is C140H181O4P3. The number of carbonyl (C=O) groups excluding carboxylic acids is 4. The highest BCUT2D eigenvalue weighted by Crippen LogP contribution is 2.57. The number of allylic oxidation sites excluding steroid dienone is 4. The predicted octanol–water partition coefficient (Wildman–Crippen LogP) is 37.7.